The van der Waals surface area contributed by atoms with Crippen molar-refractivity contribution in [2.75, 3.05) is 27.4 Å². The molecule has 0 rings (SSSR count). The minimum atomic E-state index is -1.88. The van der Waals surface area contributed by atoms with E-state index in [4.69, 9.17) is 19.1 Å². The summed E-state index contributed by atoms with van der Waals surface area (Å²) in [7, 11) is 1.44. The van der Waals surface area contributed by atoms with Crippen LogP contribution in [0.4, 0.5) is 0 Å². The molecule has 0 aromatic rings. The average Bonchev–Trinajstić information content (AvgIpc) is 2.15. The monoisotopic (exact) mass is 210 g/mol. The predicted octanol–water partition coefficient (Wildman–Crippen LogP) is 0.732. The molecule has 0 aromatic carbocycles. The summed E-state index contributed by atoms with van der Waals surface area (Å²) in [6.45, 7) is 4.14. The fourth-order valence-corrected chi connectivity index (χ4v) is 2.06. The van der Waals surface area contributed by atoms with Gasteiger partial charge in [-0.15, -0.1) is 0 Å². The third-order valence-electron chi connectivity index (χ3n) is 1.65. The molecule has 0 aliphatic rings. The largest absolute Gasteiger partial charge is 0.398 e. The molecule has 0 atom stereocenters. The van der Waals surface area contributed by atoms with E-state index in [0.717, 1.165) is 12.5 Å². The van der Waals surface area contributed by atoms with E-state index in [-0.39, 0.29) is 13.2 Å². The smallest absolute Gasteiger partial charge is 0.334 e. The second-order valence-corrected chi connectivity index (χ2v) is 6.27. The molecule has 82 valence electrons. The minimum Gasteiger partial charge on any atom is -0.398 e. The van der Waals surface area contributed by atoms with Gasteiger partial charge in [0.25, 0.3) is 0 Å². The second kappa shape index (κ2) is 10.1. The van der Waals surface area contributed by atoms with Crippen LogP contribution >= 0.6 is 0 Å². The molecule has 0 fully saturated rings. The summed E-state index contributed by atoms with van der Waals surface area (Å²) in [5.41, 5.74) is 0. The van der Waals surface area contributed by atoms with Crippen LogP contribution in [0.5, 0.6) is 0 Å². The van der Waals surface area contributed by atoms with Crippen molar-refractivity contribution in [2.24, 2.45) is 0 Å². The third-order valence-corrected chi connectivity index (χ3v) is 4.64. The Hall–Kier alpha value is 0.0569. The van der Waals surface area contributed by atoms with Crippen molar-refractivity contribution in [3.8, 4) is 0 Å². The van der Waals surface area contributed by atoms with Gasteiger partial charge in [-0.25, -0.2) is 0 Å². The molecular weight excluding hydrogens is 188 g/mol. The van der Waals surface area contributed by atoms with E-state index in [1.807, 2.05) is 6.55 Å². The lowest BCUT2D eigenvalue weighted by Gasteiger charge is -2.21. The normalized spacial score (nSPS) is 10.6. The molecule has 0 saturated carbocycles. The van der Waals surface area contributed by atoms with E-state index in [0.29, 0.717) is 0 Å². The second-order valence-electron chi connectivity index (χ2n) is 2.69. The Morgan fingerprint density at radius 3 is 1.77 bits per heavy atom. The highest BCUT2D eigenvalue weighted by molar-refractivity contribution is 6.65. The molecule has 4 nitrogen and oxygen atoms in total. The molecule has 0 heterocycles. The van der Waals surface area contributed by atoms with Crippen molar-refractivity contribution < 1.29 is 19.1 Å². The summed E-state index contributed by atoms with van der Waals surface area (Å²) in [5.74, 6) is 0. The molecule has 0 aliphatic heterocycles. The van der Waals surface area contributed by atoms with Crippen molar-refractivity contribution in [3.63, 3.8) is 0 Å². The lowest BCUT2D eigenvalue weighted by atomic mass is 10.5. The zero-order valence-corrected chi connectivity index (χ0v) is 10.0. The summed E-state index contributed by atoms with van der Waals surface area (Å²) in [6.07, 6.45) is 0.768. The van der Waals surface area contributed by atoms with Gasteiger partial charge in [0.05, 0.1) is 0 Å². The minimum absolute atomic E-state index is 0.218. The van der Waals surface area contributed by atoms with Gasteiger partial charge < -0.3 is 19.1 Å². The van der Waals surface area contributed by atoms with Crippen LogP contribution in [0.25, 0.3) is 0 Å². The average molecular weight is 210 g/mol. The first-order valence-electron chi connectivity index (χ1n) is 4.42. The summed E-state index contributed by atoms with van der Waals surface area (Å²) >= 11 is 0. The number of hydrogen-bond acceptors (Lipinski definition) is 4. The lowest BCUT2D eigenvalue weighted by Crippen LogP contribution is -2.35. The SMILES string of the molecule is CCO.CO[Si](C)(CCCO)OC. The van der Waals surface area contributed by atoms with Crippen LogP contribution in [-0.4, -0.2) is 46.2 Å². The first kappa shape index (κ1) is 15.5. The molecule has 0 bridgehead atoms. The maximum atomic E-state index is 8.53. The Morgan fingerprint density at radius 1 is 1.15 bits per heavy atom. The summed E-state index contributed by atoms with van der Waals surface area (Å²) in [5, 5.41) is 16.1. The van der Waals surface area contributed by atoms with Gasteiger partial charge in [-0.05, 0) is 25.9 Å². The Kier molecular flexibility index (Phi) is 12.1. The van der Waals surface area contributed by atoms with Crippen molar-refractivity contribution in [1.29, 1.82) is 0 Å². The van der Waals surface area contributed by atoms with Crippen molar-refractivity contribution in [2.45, 2.75) is 25.9 Å². The van der Waals surface area contributed by atoms with E-state index >= 15 is 0 Å². The van der Waals surface area contributed by atoms with Gasteiger partial charge in [0.1, 0.15) is 0 Å². The molecule has 13 heavy (non-hydrogen) atoms. The first-order chi connectivity index (χ1) is 6.10. The van der Waals surface area contributed by atoms with Gasteiger partial charge in [0, 0.05) is 27.4 Å². The number of aliphatic hydroxyl groups is 2. The van der Waals surface area contributed by atoms with Crippen LogP contribution in [0.3, 0.4) is 0 Å². The molecule has 0 amide bonds. The lowest BCUT2D eigenvalue weighted by molar-refractivity contribution is 0.238. The Labute approximate surface area is 81.7 Å². The van der Waals surface area contributed by atoms with Crippen LogP contribution in [0, 0.1) is 0 Å². The highest BCUT2D eigenvalue weighted by atomic mass is 28.4. The molecule has 0 spiro atoms. The number of aliphatic hydroxyl groups excluding tert-OH is 2. The molecular formula is C8H22O4Si. The first-order valence-corrected chi connectivity index (χ1v) is 6.94. The van der Waals surface area contributed by atoms with Crippen molar-refractivity contribution in [3.05, 3.63) is 0 Å². The summed E-state index contributed by atoms with van der Waals surface area (Å²) in [4.78, 5) is 0. The highest BCUT2D eigenvalue weighted by Gasteiger charge is 2.27. The fourth-order valence-electron chi connectivity index (χ4n) is 0.688. The van der Waals surface area contributed by atoms with Gasteiger partial charge in [0.2, 0.25) is 0 Å². The summed E-state index contributed by atoms with van der Waals surface area (Å²) < 4.78 is 10.4. The maximum Gasteiger partial charge on any atom is 0.334 e. The van der Waals surface area contributed by atoms with E-state index in [2.05, 4.69) is 0 Å². The molecule has 0 aromatic heterocycles. The zero-order valence-electron chi connectivity index (χ0n) is 9.04. The van der Waals surface area contributed by atoms with E-state index in [1.165, 1.54) is 0 Å². The number of rotatable bonds is 5. The molecule has 0 unspecified atom stereocenters. The van der Waals surface area contributed by atoms with E-state index in [9.17, 15) is 0 Å². The zero-order chi connectivity index (χ0) is 10.7. The molecule has 5 heteroatoms. The molecule has 2 N–H and O–H groups in total. The molecule has 0 radical (unpaired) electrons. The molecule has 0 aliphatic carbocycles. The van der Waals surface area contributed by atoms with Crippen LogP contribution in [0.2, 0.25) is 12.6 Å². The van der Waals surface area contributed by atoms with Crippen molar-refractivity contribution >= 4 is 8.56 Å². The van der Waals surface area contributed by atoms with Gasteiger partial charge in [0.15, 0.2) is 0 Å². The number of hydrogen-bond donors (Lipinski definition) is 2. The highest BCUT2D eigenvalue weighted by Crippen LogP contribution is 2.12. The quantitative estimate of drug-likeness (QED) is 0.657. The van der Waals surface area contributed by atoms with E-state index < -0.39 is 8.56 Å². The Balaban J connectivity index is 0. The standard InChI is InChI=1S/C6H16O3Si.C2H6O/c1-8-10(3,9-2)6-4-5-7;1-2-3/h7H,4-6H2,1-3H3;3H,2H2,1H3. The van der Waals surface area contributed by atoms with Crippen molar-refractivity contribution in [1.82, 2.24) is 0 Å². The van der Waals surface area contributed by atoms with Crippen LogP contribution in [-0.2, 0) is 8.85 Å². The van der Waals surface area contributed by atoms with E-state index in [1.54, 1.807) is 21.1 Å². The van der Waals surface area contributed by atoms with Crippen LogP contribution in [0.15, 0.2) is 0 Å². The Bertz CT molecular complexity index is 96.1. The van der Waals surface area contributed by atoms with Gasteiger partial charge in [-0.1, -0.05) is 0 Å². The third kappa shape index (κ3) is 9.97. The fraction of sp³-hybridized carbons (Fsp3) is 1.00. The maximum absolute atomic E-state index is 8.53. The Morgan fingerprint density at radius 2 is 1.54 bits per heavy atom. The summed E-state index contributed by atoms with van der Waals surface area (Å²) in [6, 6.07) is 0.858. The van der Waals surface area contributed by atoms with Gasteiger partial charge >= 0.3 is 8.56 Å². The van der Waals surface area contributed by atoms with Crippen LogP contribution in [0.1, 0.15) is 13.3 Å². The van der Waals surface area contributed by atoms with Crippen LogP contribution < -0.4 is 0 Å². The predicted molar refractivity (Wildman–Crippen MR) is 54.9 cm³/mol. The molecule has 0 saturated heterocycles. The topological polar surface area (TPSA) is 58.9 Å². The van der Waals surface area contributed by atoms with Gasteiger partial charge in [-0.2, -0.15) is 0 Å². The van der Waals surface area contributed by atoms with Gasteiger partial charge in [-0.3, -0.25) is 0 Å².